The largest absolute Gasteiger partial charge is 0.355 e. The molecule has 2 amide bonds. The summed E-state index contributed by atoms with van der Waals surface area (Å²) >= 11 is 0. The normalized spacial score (nSPS) is 15.9. The van der Waals surface area contributed by atoms with Crippen LogP contribution in [0, 0.1) is 11.6 Å². The molecule has 1 atom stereocenters. The van der Waals surface area contributed by atoms with E-state index in [0.717, 1.165) is 30.2 Å². The Kier molecular flexibility index (Phi) is 8.55. The van der Waals surface area contributed by atoms with Crippen molar-refractivity contribution in [3.05, 3.63) is 71.3 Å². The van der Waals surface area contributed by atoms with Crippen molar-refractivity contribution in [2.75, 3.05) is 13.1 Å². The fraction of sp³-hybridized carbons (Fsp3) is 0.417. The van der Waals surface area contributed by atoms with Gasteiger partial charge >= 0.3 is 0 Å². The maximum absolute atomic E-state index is 13.6. The Morgan fingerprint density at radius 1 is 1.03 bits per heavy atom. The molecule has 0 saturated carbocycles. The number of nitrogens with one attached hydrogen (secondary N) is 1. The van der Waals surface area contributed by atoms with Gasteiger partial charge in [-0.1, -0.05) is 49.2 Å². The van der Waals surface area contributed by atoms with Gasteiger partial charge in [-0.15, -0.1) is 0 Å². The third-order valence-electron chi connectivity index (χ3n) is 5.67. The van der Waals surface area contributed by atoms with Crippen LogP contribution in [0.5, 0.6) is 0 Å². The molecule has 6 nitrogen and oxygen atoms in total. The first-order valence-electron chi connectivity index (χ1n) is 11.0. The monoisotopic (exact) mass is 478 g/mol. The number of rotatable bonds is 12. The first-order valence-corrected chi connectivity index (χ1v) is 12.7. The van der Waals surface area contributed by atoms with Crippen molar-refractivity contribution in [3.8, 4) is 0 Å². The maximum atomic E-state index is 13.6. The second-order valence-electron chi connectivity index (χ2n) is 8.22. The van der Waals surface area contributed by atoms with Gasteiger partial charge in [-0.2, -0.15) is 0 Å². The van der Waals surface area contributed by atoms with E-state index in [1.807, 2.05) is 0 Å². The number of nitrogens with zero attached hydrogens (tertiary/aromatic N) is 1. The van der Waals surface area contributed by atoms with E-state index in [0.29, 0.717) is 30.5 Å². The predicted octanol–water partition coefficient (Wildman–Crippen LogP) is 3.36. The number of hydrogen-bond donors (Lipinski definition) is 1. The molecule has 1 heterocycles. The molecule has 1 aliphatic rings. The molecular weight excluding hydrogens is 450 g/mol. The van der Waals surface area contributed by atoms with Gasteiger partial charge in [0.2, 0.25) is 11.8 Å². The van der Waals surface area contributed by atoms with E-state index in [1.165, 1.54) is 12.1 Å². The average molecular weight is 479 g/mol. The number of benzene rings is 2. The van der Waals surface area contributed by atoms with Crippen molar-refractivity contribution in [2.45, 2.75) is 49.7 Å². The van der Waals surface area contributed by atoms with E-state index in [4.69, 9.17) is 0 Å². The quantitative estimate of drug-likeness (QED) is 0.375. The van der Waals surface area contributed by atoms with Gasteiger partial charge < -0.3 is 10.2 Å². The Balaban J connectivity index is 1.34. The summed E-state index contributed by atoms with van der Waals surface area (Å²) in [4.78, 5) is 25.2. The summed E-state index contributed by atoms with van der Waals surface area (Å²) in [5.41, 5.74) is 1.13. The zero-order valence-corrected chi connectivity index (χ0v) is 19.1. The number of carbonyl (C=O) groups is 2. The van der Waals surface area contributed by atoms with Gasteiger partial charge in [-0.05, 0) is 36.5 Å². The first-order chi connectivity index (χ1) is 15.8. The van der Waals surface area contributed by atoms with Crippen molar-refractivity contribution >= 4 is 21.7 Å². The molecular formula is C24H28F2N2O4S. The lowest BCUT2D eigenvalue weighted by Gasteiger charge is -2.39. The van der Waals surface area contributed by atoms with E-state index in [1.54, 1.807) is 30.3 Å². The standard InChI is InChI=1S/C24H28F2N2O4S/c25-20-12-11-19(21(26)14-20)10-6-1-2-7-13-27-22(29)16-28-23(30)15-24(28)33(31,32)17-18-8-4-3-5-9-18/h3-5,8-9,11-12,14,24H,1-2,6-7,10,13,15-17H2,(H,27,29). The van der Waals surface area contributed by atoms with Crippen molar-refractivity contribution in [1.82, 2.24) is 10.2 Å². The summed E-state index contributed by atoms with van der Waals surface area (Å²) in [6, 6.07) is 12.3. The lowest BCUT2D eigenvalue weighted by molar-refractivity contribution is -0.145. The van der Waals surface area contributed by atoms with Gasteiger partial charge in [0.05, 0.1) is 12.2 Å². The number of amides is 2. The molecule has 33 heavy (non-hydrogen) atoms. The Hall–Kier alpha value is -2.81. The number of carbonyl (C=O) groups excluding carboxylic acids is 2. The number of aryl methyl sites for hydroxylation is 1. The highest BCUT2D eigenvalue weighted by Crippen LogP contribution is 2.26. The van der Waals surface area contributed by atoms with Crippen LogP contribution >= 0.6 is 0 Å². The summed E-state index contributed by atoms with van der Waals surface area (Å²) in [5, 5.41) is 1.75. The van der Waals surface area contributed by atoms with Gasteiger partial charge in [-0.3, -0.25) is 9.59 Å². The summed E-state index contributed by atoms with van der Waals surface area (Å²) in [6.45, 7) is 0.134. The molecule has 3 rings (SSSR count). The van der Waals surface area contributed by atoms with Crippen LogP contribution in [0.1, 0.15) is 43.2 Å². The van der Waals surface area contributed by atoms with Crippen molar-refractivity contribution in [3.63, 3.8) is 0 Å². The molecule has 178 valence electrons. The van der Waals surface area contributed by atoms with Gasteiger partial charge in [0.15, 0.2) is 9.84 Å². The van der Waals surface area contributed by atoms with Crippen LogP contribution in [0.15, 0.2) is 48.5 Å². The number of unbranched alkanes of at least 4 members (excludes halogenated alkanes) is 3. The molecule has 1 saturated heterocycles. The molecule has 1 unspecified atom stereocenters. The number of likely N-dealkylation sites (tertiary alicyclic amines) is 1. The van der Waals surface area contributed by atoms with Crippen molar-refractivity contribution in [1.29, 1.82) is 0 Å². The Bertz CT molecular complexity index is 1080. The number of halogens is 2. The van der Waals surface area contributed by atoms with Crippen LogP contribution in [0.25, 0.3) is 0 Å². The van der Waals surface area contributed by atoms with Gasteiger partial charge in [0.25, 0.3) is 0 Å². The highest BCUT2D eigenvalue weighted by molar-refractivity contribution is 7.91. The second-order valence-corrected chi connectivity index (χ2v) is 10.4. The summed E-state index contributed by atoms with van der Waals surface area (Å²) in [7, 11) is -3.59. The van der Waals surface area contributed by atoms with Crippen molar-refractivity contribution in [2.24, 2.45) is 0 Å². The summed E-state index contributed by atoms with van der Waals surface area (Å²) in [6.07, 6.45) is 3.53. The van der Waals surface area contributed by atoms with Crippen LogP contribution in [-0.2, 0) is 31.6 Å². The van der Waals surface area contributed by atoms with Crippen LogP contribution in [0.2, 0.25) is 0 Å². The van der Waals surface area contributed by atoms with E-state index in [-0.39, 0.29) is 24.6 Å². The van der Waals surface area contributed by atoms with Crippen molar-refractivity contribution < 1.29 is 26.8 Å². The molecule has 0 aliphatic carbocycles. The predicted molar refractivity (Wildman–Crippen MR) is 121 cm³/mol. The zero-order chi connectivity index (χ0) is 23.8. The van der Waals surface area contributed by atoms with Gasteiger partial charge in [0.1, 0.15) is 23.6 Å². The third kappa shape index (κ3) is 7.08. The fourth-order valence-electron chi connectivity index (χ4n) is 3.80. The SMILES string of the molecule is O=C(CN1C(=O)CC1S(=O)(=O)Cc1ccccc1)NCCCCCCc1ccc(F)cc1F. The molecule has 0 spiro atoms. The van der Waals surface area contributed by atoms with Crippen LogP contribution in [-0.4, -0.2) is 43.6 Å². The number of β-lactam (4-membered cyclic amide) rings is 1. The number of hydrogen-bond acceptors (Lipinski definition) is 4. The molecule has 0 radical (unpaired) electrons. The van der Waals surface area contributed by atoms with E-state index in [2.05, 4.69) is 5.32 Å². The van der Waals surface area contributed by atoms with E-state index < -0.39 is 32.8 Å². The fourth-order valence-corrected chi connectivity index (χ4v) is 5.62. The minimum absolute atomic E-state index is 0.100. The smallest absolute Gasteiger partial charge is 0.239 e. The Labute approximate surface area is 192 Å². The first kappa shape index (κ1) is 24.8. The molecule has 9 heteroatoms. The summed E-state index contributed by atoms with van der Waals surface area (Å²) in [5.74, 6) is -2.04. The van der Waals surface area contributed by atoms with Gasteiger partial charge in [-0.25, -0.2) is 17.2 Å². The van der Waals surface area contributed by atoms with Crippen LogP contribution in [0.4, 0.5) is 8.78 Å². The van der Waals surface area contributed by atoms with E-state index >= 15 is 0 Å². The second kappa shape index (κ2) is 11.4. The number of sulfone groups is 1. The molecule has 2 aromatic rings. The minimum Gasteiger partial charge on any atom is -0.355 e. The Morgan fingerprint density at radius 2 is 1.76 bits per heavy atom. The molecule has 1 N–H and O–H groups in total. The highest BCUT2D eigenvalue weighted by Gasteiger charge is 2.45. The molecule has 0 bridgehead atoms. The molecule has 2 aromatic carbocycles. The van der Waals surface area contributed by atoms with Crippen LogP contribution in [0.3, 0.4) is 0 Å². The summed E-state index contributed by atoms with van der Waals surface area (Å²) < 4.78 is 51.8. The zero-order valence-electron chi connectivity index (χ0n) is 18.3. The third-order valence-corrected chi connectivity index (χ3v) is 7.65. The van der Waals surface area contributed by atoms with E-state index in [9.17, 15) is 26.8 Å². The topological polar surface area (TPSA) is 83.6 Å². The average Bonchev–Trinajstić information content (AvgIpc) is 2.76. The Morgan fingerprint density at radius 3 is 2.45 bits per heavy atom. The molecule has 1 fully saturated rings. The maximum Gasteiger partial charge on any atom is 0.239 e. The lowest BCUT2D eigenvalue weighted by atomic mass is 10.1. The minimum atomic E-state index is -3.59. The van der Waals surface area contributed by atoms with Crippen LogP contribution < -0.4 is 5.32 Å². The highest BCUT2D eigenvalue weighted by atomic mass is 32.2. The van der Waals surface area contributed by atoms with Gasteiger partial charge in [0, 0.05) is 12.6 Å². The molecule has 1 aliphatic heterocycles. The molecule has 0 aromatic heterocycles. The lowest BCUT2D eigenvalue weighted by Crippen LogP contribution is -2.59.